The Balaban J connectivity index is 1.95. The molecule has 26 heavy (non-hydrogen) atoms. The summed E-state index contributed by atoms with van der Waals surface area (Å²) >= 11 is 0. The van der Waals surface area contributed by atoms with Gasteiger partial charge in [-0.15, -0.1) is 0 Å². The summed E-state index contributed by atoms with van der Waals surface area (Å²) in [7, 11) is 3.87. The first-order valence-electron chi connectivity index (χ1n) is 9.59. The van der Waals surface area contributed by atoms with Crippen LogP contribution in [0.25, 0.3) is 0 Å². The van der Waals surface area contributed by atoms with Gasteiger partial charge in [0, 0.05) is 25.6 Å². The summed E-state index contributed by atoms with van der Waals surface area (Å²) in [5, 5.41) is 3.21. The molecular formula is C21H33N3O2. The molecule has 1 aromatic rings. The SMILES string of the molecule is Cc1ccccc1[C@H](C(=O)NC1CCN(C(=O)CC(C)C)CC1)N(C)C. The maximum Gasteiger partial charge on any atom is 0.242 e. The predicted octanol–water partition coefficient (Wildman–Crippen LogP) is 2.75. The average molecular weight is 360 g/mol. The van der Waals surface area contributed by atoms with Crippen LogP contribution in [0.2, 0.25) is 0 Å². The Bertz CT molecular complexity index is 619. The lowest BCUT2D eigenvalue weighted by Gasteiger charge is -2.34. The lowest BCUT2D eigenvalue weighted by molar-refractivity contribution is -0.133. The first-order chi connectivity index (χ1) is 12.3. The van der Waals surface area contributed by atoms with Gasteiger partial charge >= 0.3 is 0 Å². The lowest BCUT2D eigenvalue weighted by Crippen LogP contribution is -2.49. The highest BCUT2D eigenvalue weighted by molar-refractivity contribution is 5.84. The maximum atomic E-state index is 12.9. The summed E-state index contributed by atoms with van der Waals surface area (Å²) in [5.41, 5.74) is 2.16. The lowest BCUT2D eigenvalue weighted by atomic mass is 9.98. The van der Waals surface area contributed by atoms with Gasteiger partial charge in [-0.05, 0) is 50.9 Å². The second kappa shape index (κ2) is 9.17. The van der Waals surface area contributed by atoms with E-state index in [0.717, 1.165) is 37.1 Å². The van der Waals surface area contributed by atoms with Gasteiger partial charge in [0.15, 0.2) is 0 Å². The molecule has 1 fully saturated rings. The number of likely N-dealkylation sites (tertiary alicyclic amines) is 1. The van der Waals surface area contributed by atoms with E-state index in [1.807, 2.05) is 55.1 Å². The quantitative estimate of drug-likeness (QED) is 0.850. The highest BCUT2D eigenvalue weighted by Crippen LogP contribution is 2.23. The molecule has 0 radical (unpaired) electrons. The monoisotopic (exact) mass is 359 g/mol. The van der Waals surface area contributed by atoms with Gasteiger partial charge in [-0.25, -0.2) is 0 Å². The number of aryl methyl sites for hydroxylation is 1. The van der Waals surface area contributed by atoms with Crippen molar-refractivity contribution in [2.75, 3.05) is 27.2 Å². The van der Waals surface area contributed by atoms with Crippen LogP contribution in [-0.2, 0) is 9.59 Å². The van der Waals surface area contributed by atoms with Gasteiger partial charge in [-0.3, -0.25) is 14.5 Å². The van der Waals surface area contributed by atoms with E-state index >= 15 is 0 Å². The Labute approximate surface area is 157 Å². The number of piperidine rings is 1. The van der Waals surface area contributed by atoms with Crippen LogP contribution in [0.5, 0.6) is 0 Å². The zero-order valence-electron chi connectivity index (χ0n) is 16.8. The first kappa shape index (κ1) is 20.4. The van der Waals surface area contributed by atoms with Gasteiger partial charge in [0.05, 0.1) is 0 Å². The maximum absolute atomic E-state index is 12.9. The minimum absolute atomic E-state index is 0.0382. The molecule has 5 nitrogen and oxygen atoms in total. The number of rotatable bonds is 6. The van der Waals surface area contributed by atoms with E-state index in [4.69, 9.17) is 0 Å². The van der Waals surface area contributed by atoms with E-state index in [9.17, 15) is 9.59 Å². The summed E-state index contributed by atoms with van der Waals surface area (Å²) in [5.74, 6) is 0.655. The van der Waals surface area contributed by atoms with E-state index in [1.54, 1.807) is 0 Å². The molecule has 1 heterocycles. The summed E-state index contributed by atoms with van der Waals surface area (Å²) in [6.45, 7) is 7.63. The molecule has 0 spiro atoms. The zero-order valence-corrected chi connectivity index (χ0v) is 16.8. The van der Waals surface area contributed by atoms with Crippen LogP contribution < -0.4 is 5.32 Å². The fourth-order valence-electron chi connectivity index (χ4n) is 3.58. The summed E-state index contributed by atoms with van der Waals surface area (Å²) in [6.07, 6.45) is 2.25. The number of amides is 2. The van der Waals surface area contributed by atoms with Crippen LogP contribution >= 0.6 is 0 Å². The Hall–Kier alpha value is -1.88. The number of nitrogens with one attached hydrogen (secondary N) is 1. The molecule has 144 valence electrons. The van der Waals surface area contributed by atoms with E-state index in [2.05, 4.69) is 19.2 Å². The van der Waals surface area contributed by atoms with Crippen molar-refractivity contribution in [3.8, 4) is 0 Å². The van der Waals surface area contributed by atoms with Gasteiger partial charge in [0.2, 0.25) is 11.8 Å². The number of nitrogens with zero attached hydrogens (tertiary/aromatic N) is 2. The van der Waals surface area contributed by atoms with E-state index in [-0.39, 0.29) is 23.9 Å². The zero-order chi connectivity index (χ0) is 19.3. The third-order valence-electron chi connectivity index (χ3n) is 5.02. The molecule has 2 amide bonds. The van der Waals surface area contributed by atoms with Crippen molar-refractivity contribution in [2.45, 2.75) is 52.1 Å². The van der Waals surface area contributed by atoms with Crippen molar-refractivity contribution in [2.24, 2.45) is 5.92 Å². The van der Waals surface area contributed by atoms with Gasteiger partial charge in [-0.2, -0.15) is 0 Å². The molecule has 0 bridgehead atoms. The fourth-order valence-corrected chi connectivity index (χ4v) is 3.58. The van der Waals surface area contributed by atoms with Crippen molar-refractivity contribution in [3.63, 3.8) is 0 Å². The number of carbonyl (C=O) groups is 2. The highest BCUT2D eigenvalue weighted by atomic mass is 16.2. The number of likely N-dealkylation sites (N-methyl/N-ethyl adjacent to an activating group) is 1. The van der Waals surface area contributed by atoms with Gasteiger partial charge < -0.3 is 10.2 Å². The molecular weight excluding hydrogens is 326 g/mol. The van der Waals surface area contributed by atoms with Crippen LogP contribution in [0, 0.1) is 12.8 Å². The van der Waals surface area contributed by atoms with Gasteiger partial charge in [0.25, 0.3) is 0 Å². The summed E-state index contributed by atoms with van der Waals surface area (Å²) in [6, 6.07) is 7.87. The van der Waals surface area contributed by atoms with Crippen molar-refractivity contribution >= 4 is 11.8 Å². The molecule has 0 saturated carbocycles. The summed E-state index contributed by atoms with van der Waals surface area (Å²) < 4.78 is 0. The standard InChI is InChI=1S/C21H33N3O2/c1-15(2)14-19(25)24-12-10-17(11-13-24)22-21(26)20(23(4)5)18-9-7-6-8-16(18)3/h6-9,15,17,20H,10-14H2,1-5H3,(H,22,26)/t20-/m1/s1. The van der Waals surface area contributed by atoms with Crippen molar-refractivity contribution in [1.82, 2.24) is 15.1 Å². The smallest absolute Gasteiger partial charge is 0.242 e. The largest absolute Gasteiger partial charge is 0.352 e. The molecule has 0 aliphatic carbocycles. The minimum Gasteiger partial charge on any atom is -0.352 e. The van der Waals surface area contributed by atoms with Crippen LogP contribution in [0.4, 0.5) is 0 Å². The summed E-state index contributed by atoms with van der Waals surface area (Å²) in [4.78, 5) is 29.0. The molecule has 1 saturated heterocycles. The molecule has 1 atom stereocenters. The van der Waals surface area contributed by atoms with Crippen molar-refractivity contribution in [1.29, 1.82) is 0 Å². The molecule has 0 unspecified atom stereocenters. The first-order valence-corrected chi connectivity index (χ1v) is 9.59. The molecule has 2 rings (SSSR count). The number of carbonyl (C=O) groups excluding carboxylic acids is 2. The second-order valence-electron chi connectivity index (χ2n) is 7.98. The van der Waals surface area contributed by atoms with Crippen LogP contribution in [-0.4, -0.2) is 54.8 Å². The second-order valence-corrected chi connectivity index (χ2v) is 7.98. The Morgan fingerprint density at radius 2 is 1.81 bits per heavy atom. The highest BCUT2D eigenvalue weighted by Gasteiger charge is 2.29. The van der Waals surface area contributed by atoms with Crippen molar-refractivity contribution in [3.05, 3.63) is 35.4 Å². The molecule has 5 heteroatoms. The average Bonchev–Trinajstić information content (AvgIpc) is 2.56. The molecule has 1 aliphatic heterocycles. The predicted molar refractivity (Wildman–Crippen MR) is 105 cm³/mol. The Kier molecular flexibility index (Phi) is 7.21. The Morgan fingerprint density at radius 1 is 1.19 bits per heavy atom. The normalized spacial score (nSPS) is 16.8. The van der Waals surface area contributed by atoms with Crippen LogP contribution in [0.3, 0.4) is 0 Å². The molecule has 1 N–H and O–H groups in total. The van der Waals surface area contributed by atoms with Crippen molar-refractivity contribution < 1.29 is 9.59 Å². The van der Waals surface area contributed by atoms with E-state index in [0.29, 0.717) is 12.3 Å². The Morgan fingerprint density at radius 3 is 2.35 bits per heavy atom. The van der Waals surface area contributed by atoms with Gasteiger partial charge in [-0.1, -0.05) is 38.1 Å². The van der Waals surface area contributed by atoms with Crippen LogP contribution in [0.15, 0.2) is 24.3 Å². The third-order valence-corrected chi connectivity index (χ3v) is 5.02. The van der Waals surface area contributed by atoms with E-state index < -0.39 is 0 Å². The van der Waals surface area contributed by atoms with E-state index in [1.165, 1.54) is 0 Å². The molecule has 1 aromatic carbocycles. The molecule has 0 aromatic heterocycles. The number of hydrogen-bond acceptors (Lipinski definition) is 3. The van der Waals surface area contributed by atoms with Crippen LogP contribution in [0.1, 0.15) is 50.3 Å². The number of benzene rings is 1. The number of hydrogen-bond donors (Lipinski definition) is 1. The van der Waals surface area contributed by atoms with Gasteiger partial charge in [0.1, 0.15) is 6.04 Å². The molecule has 1 aliphatic rings. The minimum atomic E-state index is -0.295. The fraction of sp³-hybridized carbons (Fsp3) is 0.619. The topological polar surface area (TPSA) is 52.7 Å². The third kappa shape index (κ3) is 5.31.